The summed E-state index contributed by atoms with van der Waals surface area (Å²) in [5, 5.41) is 0. The molecule has 392 valence electrons. The minimum Gasteiger partial charge on any atom is -0.462 e. The second kappa shape index (κ2) is 52.8. The van der Waals surface area contributed by atoms with Crippen LogP contribution in [-0.2, 0) is 28.6 Å². The fraction of sp³-hybridized carbons (Fsp3) is 0.950. The molecular formula is C60H116O6. The molecule has 0 amide bonds. The lowest BCUT2D eigenvalue weighted by atomic mass is 9.99. The molecule has 0 aromatic rings. The van der Waals surface area contributed by atoms with Gasteiger partial charge < -0.3 is 14.2 Å². The van der Waals surface area contributed by atoms with Gasteiger partial charge in [-0.1, -0.05) is 298 Å². The maximum atomic E-state index is 12.9. The Morgan fingerprint density at radius 1 is 0.303 bits per heavy atom. The van der Waals surface area contributed by atoms with Crippen molar-refractivity contribution in [3.05, 3.63) is 0 Å². The van der Waals surface area contributed by atoms with Crippen molar-refractivity contribution in [2.24, 2.45) is 11.8 Å². The fourth-order valence-corrected chi connectivity index (χ4v) is 9.16. The molecule has 3 atom stereocenters. The van der Waals surface area contributed by atoms with Crippen molar-refractivity contribution < 1.29 is 28.6 Å². The number of rotatable bonds is 54. The normalized spacial score (nSPS) is 12.9. The molecule has 0 fully saturated rings. The van der Waals surface area contributed by atoms with E-state index in [1.165, 1.54) is 225 Å². The quantitative estimate of drug-likeness (QED) is 0.0343. The standard InChI is InChI=1S/C60H116O6/c1-6-9-10-11-12-13-14-25-30-35-40-45-50-58(61)64-53-57(66-60(63)52-47-42-37-32-27-22-18-16-20-24-29-34-39-44-49-56(5)8-3)54-65-59(62)51-46-41-36-31-26-21-17-15-19-23-28-33-38-43-48-55(4)7-2/h55-57H,6-54H2,1-5H3/t55?,56?,57-/m1/s1. The third kappa shape index (κ3) is 50.3. The van der Waals surface area contributed by atoms with Gasteiger partial charge in [0.25, 0.3) is 0 Å². The first kappa shape index (κ1) is 64.4. The smallest absolute Gasteiger partial charge is 0.306 e. The summed E-state index contributed by atoms with van der Waals surface area (Å²) in [6.07, 6.45) is 56.5. The van der Waals surface area contributed by atoms with Gasteiger partial charge in [0.05, 0.1) is 0 Å². The first-order chi connectivity index (χ1) is 32.3. The van der Waals surface area contributed by atoms with Crippen molar-refractivity contribution in [2.45, 2.75) is 343 Å². The molecular weight excluding hydrogens is 817 g/mol. The van der Waals surface area contributed by atoms with Crippen LogP contribution in [0.4, 0.5) is 0 Å². The van der Waals surface area contributed by atoms with Crippen molar-refractivity contribution in [1.82, 2.24) is 0 Å². The van der Waals surface area contributed by atoms with Crippen LogP contribution < -0.4 is 0 Å². The van der Waals surface area contributed by atoms with Crippen LogP contribution in [0.25, 0.3) is 0 Å². The lowest BCUT2D eigenvalue weighted by Crippen LogP contribution is -2.30. The van der Waals surface area contributed by atoms with Gasteiger partial charge in [0.1, 0.15) is 13.2 Å². The minimum atomic E-state index is -0.763. The van der Waals surface area contributed by atoms with Crippen LogP contribution >= 0.6 is 0 Å². The SMILES string of the molecule is CCCCCCCCCCCCCCC(=O)OC[C@H](COC(=O)CCCCCCCCCCCCCCCCC(C)CC)OC(=O)CCCCCCCCCCCCCCCCC(C)CC. The predicted octanol–water partition coefficient (Wildman–Crippen LogP) is 19.7. The number of unbranched alkanes of at least 4 members (excludes halogenated alkanes) is 37. The monoisotopic (exact) mass is 933 g/mol. The average Bonchev–Trinajstić information content (AvgIpc) is 3.32. The summed E-state index contributed by atoms with van der Waals surface area (Å²) in [4.78, 5) is 38.2. The minimum absolute atomic E-state index is 0.0624. The fourth-order valence-electron chi connectivity index (χ4n) is 9.16. The molecule has 6 heteroatoms. The first-order valence-electron chi connectivity index (χ1n) is 29.8. The number of hydrogen-bond acceptors (Lipinski definition) is 6. The molecule has 6 nitrogen and oxygen atoms in total. The maximum absolute atomic E-state index is 12.9. The lowest BCUT2D eigenvalue weighted by Gasteiger charge is -2.18. The Hall–Kier alpha value is -1.59. The zero-order valence-electron chi connectivity index (χ0n) is 45.3. The molecule has 0 aromatic heterocycles. The summed E-state index contributed by atoms with van der Waals surface area (Å²) in [6.45, 7) is 11.5. The van der Waals surface area contributed by atoms with Crippen molar-refractivity contribution in [1.29, 1.82) is 0 Å². The first-order valence-corrected chi connectivity index (χ1v) is 29.8. The topological polar surface area (TPSA) is 78.9 Å². The Morgan fingerprint density at radius 2 is 0.530 bits per heavy atom. The van der Waals surface area contributed by atoms with Gasteiger partial charge in [-0.05, 0) is 31.1 Å². The van der Waals surface area contributed by atoms with Crippen LogP contribution in [0.1, 0.15) is 336 Å². The molecule has 0 N–H and O–H groups in total. The van der Waals surface area contributed by atoms with E-state index in [0.29, 0.717) is 19.3 Å². The van der Waals surface area contributed by atoms with Crippen molar-refractivity contribution in [3.8, 4) is 0 Å². The Kier molecular flexibility index (Phi) is 51.5. The second-order valence-corrected chi connectivity index (χ2v) is 21.1. The van der Waals surface area contributed by atoms with E-state index in [2.05, 4.69) is 34.6 Å². The summed E-state index contributed by atoms with van der Waals surface area (Å²) in [6, 6.07) is 0. The number of carbonyl (C=O) groups is 3. The molecule has 0 saturated carbocycles. The number of hydrogen-bond donors (Lipinski definition) is 0. The summed E-state index contributed by atoms with van der Waals surface area (Å²) < 4.78 is 16.9. The number of ether oxygens (including phenoxy) is 3. The van der Waals surface area contributed by atoms with E-state index in [0.717, 1.165) is 69.6 Å². The highest BCUT2D eigenvalue weighted by atomic mass is 16.6. The largest absolute Gasteiger partial charge is 0.462 e. The van der Waals surface area contributed by atoms with Crippen LogP contribution in [0, 0.1) is 11.8 Å². The highest BCUT2D eigenvalue weighted by Gasteiger charge is 2.19. The van der Waals surface area contributed by atoms with Crippen LogP contribution in [-0.4, -0.2) is 37.2 Å². The Balaban J connectivity index is 4.28. The van der Waals surface area contributed by atoms with Gasteiger partial charge in [-0.25, -0.2) is 0 Å². The molecule has 0 rings (SSSR count). The van der Waals surface area contributed by atoms with Gasteiger partial charge in [0.15, 0.2) is 6.10 Å². The van der Waals surface area contributed by atoms with Gasteiger partial charge in [-0.2, -0.15) is 0 Å². The molecule has 0 bridgehead atoms. The van der Waals surface area contributed by atoms with E-state index in [1.807, 2.05) is 0 Å². The predicted molar refractivity (Wildman–Crippen MR) is 284 cm³/mol. The van der Waals surface area contributed by atoms with E-state index >= 15 is 0 Å². The van der Waals surface area contributed by atoms with Crippen LogP contribution in [0.2, 0.25) is 0 Å². The van der Waals surface area contributed by atoms with Gasteiger partial charge in [0.2, 0.25) is 0 Å². The molecule has 0 aliphatic rings. The van der Waals surface area contributed by atoms with Crippen LogP contribution in [0.5, 0.6) is 0 Å². The molecule has 0 heterocycles. The van der Waals surface area contributed by atoms with Gasteiger partial charge in [-0.3, -0.25) is 14.4 Å². The third-order valence-corrected chi connectivity index (χ3v) is 14.4. The molecule has 0 saturated heterocycles. The Labute approximate surface area is 412 Å². The molecule has 2 unspecified atom stereocenters. The number of carbonyl (C=O) groups excluding carboxylic acids is 3. The van der Waals surface area contributed by atoms with E-state index in [1.54, 1.807) is 0 Å². The molecule has 66 heavy (non-hydrogen) atoms. The maximum Gasteiger partial charge on any atom is 0.306 e. The van der Waals surface area contributed by atoms with Gasteiger partial charge in [0, 0.05) is 19.3 Å². The van der Waals surface area contributed by atoms with Crippen molar-refractivity contribution in [3.63, 3.8) is 0 Å². The summed E-state index contributed by atoms with van der Waals surface area (Å²) in [7, 11) is 0. The van der Waals surface area contributed by atoms with E-state index < -0.39 is 6.10 Å². The lowest BCUT2D eigenvalue weighted by molar-refractivity contribution is -0.167. The highest BCUT2D eigenvalue weighted by molar-refractivity contribution is 5.71. The second-order valence-electron chi connectivity index (χ2n) is 21.1. The average molecular weight is 934 g/mol. The van der Waals surface area contributed by atoms with E-state index in [4.69, 9.17) is 14.2 Å². The zero-order chi connectivity index (χ0) is 48.2. The van der Waals surface area contributed by atoms with Crippen molar-refractivity contribution in [2.75, 3.05) is 13.2 Å². The third-order valence-electron chi connectivity index (χ3n) is 14.4. The van der Waals surface area contributed by atoms with Crippen LogP contribution in [0.15, 0.2) is 0 Å². The van der Waals surface area contributed by atoms with Crippen LogP contribution in [0.3, 0.4) is 0 Å². The Morgan fingerprint density at radius 3 is 0.788 bits per heavy atom. The van der Waals surface area contributed by atoms with Crippen molar-refractivity contribution >= 4 is 17.9 Å². The van der Waals surface area contributed by atoms with E-state index in [9.17, 15) is 14.4 Å². The van der Waals surface area contributed by atoms with E-state index in [-0.39, 0.29) is 31.1 Å². The highest BCUT2D eigenvalue weighted by Crippen LogP contribution is 2.19. The van der Waals surface area contributed by atoms with Gasteiger partial charge in [-0.15, -0.1) is 0 Å². The summed E-state index contributed by atoms with van der Waals surface area (Å²) in [5.41, 5.74) is 0. The molecule has 0 spiro atoms. The molecule has 0 aliphatic heterocycles. The zero-order valence-corrected chi connectivity index (χ0v) is 45.3. The molecule has 0 radical (unpaired) electrons. The summed E-state index contributed by atoms with van der Waals surface area (Å²) >= 11 is 0. The molecule has 0 aliphatic carbocycles. The van der Waals surface area contributed by atoms with Gasteiger partial charge >= 0.3 is 17.9 Å². The molecule has 0 aromatic carbocycles. The summed E-state index contributed by atoms with van der Waals surface area (Å²) in [5.74, 6) is 0.953. The Bertz CT molecular complexity index is 1010. The number of esters is 3.